The molecule has 30 heavy (non-hydrogen) atoms. The molecule has 0 aliphatic rings. The molecule has 1 heterocycles. The lowest BCUT2D eigenvalue weighted by Crippen LogP contribution is -2.10. The second-order valence-corrected chi connectivity index (χ2v) is 6.56. The van der Waals surface area contributed by atoms with Crippen LogP contribution in [0.25, 0.3) is 11.3 Å². The van der Waals surface area contributed by atoms with Crippen molar-refractivity contribution in [3.05, 3.63) is 60.2 Å². The Bertz CT molecular complexity index is 996. The molecular weight excluding hydrogens is 384 g/mol. The highest BCUT2D eigenvalue weighted by Crippen LogP contribution is 2.33. The molecule has 0 fully saturated rings. The molecule has 0 saturated carbocycles. The predicted molar refractivity (Wildman–Crippen MR) is 114 cm³/mol. The van der Waals surface area contributed by atoms with Gasteiger partial charge in [-0.3, -0.25) is 4.79 Å². The molecule has 0 atom stereocenters. The Morgan fingerprint density at radius 2 is 1.63 bits per heavy atom. The number of aliphatic carboxylic acids is 1. The van der Waals surface area contributed by atoms with Gasteiger partial charge < -0.3 is 26.0 Å². The second kappa shape index (κ2) is 10.1. The fraction of sp³-hybridized carbons (Fsp3) is 0.227. The average Bonchev–Trinajstić information content (AvgIpc) is 2.74. The van der Waals surface area contributed by atoms with E-state index in [2.05, 4.69) is 9.97 Å². The summed E-state index contributed by atoms with van der Waals surface area (Å²) in [4.78, 5) is 19.1. The van der Waals surface area contributed by atoms with Crippen LogP contribution in [0.15, 0.2) is 54.6 Å². The zero-order chi connectivity index (χ0) is 21.3. The lowest BCUT2D eigenvalue weighted by molar-refractivity contribution is -0.136. The van der Waals surface area contributed by atoms with Crippen LogP contribution in [-0.4, -0.2) is 34.3 Å². The van der Waals surface area contributed by atoms with E-state index in [1.54, 1.807) is 0 Å². The minimum atomic E-state index is -0.837. The smallest absolute Gasteiger partial charge is 0.303 e. The Labute approximate surface area is 174 Å². The number of carboxylic acid groups (broad SMARTS) is 1. The highest BCUT2D eigenvalue weighted by Gasteiger charge is 2.15. The van der Waals surface area contributed by atoms with E-state index in [0.29, 0.717) is 43.2 Å². The number of aromatic nitrogens is 2. The lowest BCUT2D eigenvalue weighted by atomic mass is 10.1. The Morgan fingerprint density at radius 1 is 0.933 bits per heavy atom. The molecule has 1 aromatic heterocycles. The number of nitrogen functional groups attached to an aromatic ring is 2. The molecular formula is C22H24N4O4. The average molecular weight is 408 g/mol. The van der Waals surface area contributed by atoms with Gasteiger partial charge in [-0.05, 0) is 18.1 Å². The zero-order valence-electron chi connectivity index (χ0n) is 16.5. The van der Waals surface area contributed by atoms with Crippen LogP contribution >= 0.6 is 0 Å². The summed E-state index contributed by atoms with van der Waals surface area (Å²) in [7, 11) is 0. The zero-order valence-corrected chi connectivity index (χ0v) is 16.5. The summed E-state index contributed by atoms with van der Waals surface area (Å²) in [5.41, 5.74) is 14.0. The monoisotopic (exact) mass is 408 g/mol. The number of nitrogens with zero attached hydrogens (tertiary/aromatic N) is 2. The molecule has 0 unspecified atom stereocenters. The van der Waals surface area contributed by atoms with E-state index >= 15 is 0 Å². The van der Waals surface area contributed by atoms with Crippen LogP contribution in [0, 0.1) is 0 Å². The number of ether oxygens (including phenoxy) is 2. The van der Waals surface area contributed by atoms with Gasteiger partial charge in [-0.15, -0.1) is 0 Å². The third-order valence-electron chi connectivity index (χ3n) is 4.33. The Morgan fingerprint density at radius 3 is 2.40 bits per heavy atom. The third-order valence-corrected chi connectivity index (χ3v) is 4.33. The molecule has 0 amide bonds. The first-order valence-electron chi connectivity index (χ1n) is 9.58. The van der Waals surface area contributed by atoms with E-state index in [4.69, 9.17) is 26.0 Å². The SMILES string of the molecule is Nc1nc(N)c(OCCCOc2ccccc2CCC(=O)O)c(-c2ccccc2)n1. The molecule has 0 spiro atoms. The van der Waals surface area contributed by atoms with Crippen molar-refractivity contribution in [2.45, 2.75) is 19.3 Å². The highest BCUT2D eigenvalue weighted by molar-refractivity contribution is 5.73. The number of hydrogen-bond donors (Lipinski definition) is 3. The first-order chi connectivity index (χ1) is 14.5. The fourth-order valence-electron chi connectivity index (χ4n) is 2.93. The van der Waals surface area contributed by atoms with Crippen LogP contribution in [0.3, 0.4) is 0 Å². The minimum absolute atomic E-state index is 0.0577. The van der Waals surface area contributed by atoms with Gasteiger partial charge in [0.1, 0.15) is 11.4 Å². The number of rotatable bonds is 10. The molecule has 3 aromatic rings. The van der Waals surface area contributed by atoms with Crippen molar-refractivity contribution >= 4 is 17.7 Å². The van der Waals surface area contributed by atoms with Crippen LogP contribution in [0.1, 0.15) is 18.4 Å². The maximum Gasteiger partial charge on any atom is 0.303 e. The maximum atomic E-state index is 10.8. The third kappa shape index (κ3) is 5.60. The quantitative estimate of drug-likeness (QED) is 0.436. The van der Waals surface area contributed by atoms with E-state index in [1.807, 2.05) is 54.6 Å². The molecule has 3 rings (SSSR count). The van der Waals surface area contributed by atoms with Gasteiger partial charge in [-0.25, -0.2) is 4.98 Å². The standard InChI is InChI=1S/C22H24N4O4/c23-21-20(19(25-22(24)26-21)16-8-2-1-3-9-16)30-14-6-13-29-17-10-5-4-7-15(17)11-12-18(27)28/h1-5,7-10H,6,11-14H2,(H,27,28)(H4,23,24,25,26). The predicted octanol–water partition coefficient (Wildman–Crippen LogP) is 3.17. The number of nitrogens with two attached hydrogens (primary N) is 2. The number of carbonyl (C=O) groups is 1. The fourth-order valence-corrected chi connectivity index (χ4v) is 2.93. The van der Waals surface area contributed by atoms with E-state index in [0.717, 1.165) is 11.1 Å². The van der Waals surface area contributed by atoms with Crippen molar-refractivity contribution in [2.24, 2.45) is 0 Å². The summed E-state index contributed by atoms with van der Waals surface area (Å²) in [6.07, 6.45) is 1.06. The van der Waals surface area contributed by atoms with E-state index < -0.39 is 5.97 Å². The summed E-state index contributed by atoms with van der Waals surface area (Å²) < 4.78 is 11.7. The molecule has 8 nitrogen and oxygen atoms in total. The van der Waals surface area contributed by atoms with Gasteiger partial charge in [0.25, 0.3) is 0 Å². The van der Waals surface area contributed by atoms with Gasteiger partial charge in [0.15, 0.2) is 11.6 Å². The summed E-state index contributed by atoms with van der Waals surface area (Å²) >= 11 is 0. The van der Waals surface area contributed by atoms with E-state index in [9.17, 15) is 4.79 Å². The normalized spacial score (nSPS) is 10.5. The highest BCUT2D eigenvalue weighted by atomic mass is 16.5. The molecule has 0 aliphatic heterocycles. The Balaban J connectivity index is 1.59. The number of hydrogen-bond acceptors (Lipinski definition) is 7. The van der Waals surface area contributed by atoms with Crippen LogP contribution in [-0.2, 0) is 11.2 Å². The van der Waals surface area contributed by atoms with Crippen molar-refractivity contribution in [2.75, 3.05) is 24.7 Å². The van der Waals surface area contributed by atoms with Crippen molar-refractivity contribution < 1.29 is 19.4 Å². The van der Waals surface area contributed by atoms with Crippen molar-refractivity contribution in [1.82, 2.24) is 9.97 Å². The topological polar surface area (TPSA) is 134 Å². The molecule has 0 saturated heterocycles. The van der Waals surface area contributed by atoms with Crippen molar-refractivity contribution in [3.63, 3.8) is 0 Å². The number of para-hydroxylation sites is 1. The minimum Gasteiger partial charge on any atom is -0.493 e. The molecule has 5 N–H and O–H groups in total. The van der Waals surface area contributed by atoms with Gasteiger partial charge in [0, 0.05) is 18.4 Å². The van der Waals surface area contributed by atoms with Crippen LogP contribution in [0.5, 0.6) is 11.5 Å². The lowest BCUT2D eigenvalue weighted by Gasteiger charge is -2.14. The first kappa shape index (κ1) is 20.9. The summed E-state index contributed by atoms with van der Waals surface area (Å²) in [6.45, 7) is 0.745. The summed E-state index contributed by atoms with van der Waals surface area (Å²) in [5, 5.41) is 8.88. The summed E-state index contributed by atoms with van der Waals surface area (Å²) in [5.74, 6) is 0.494. The maximum absolute atomic E-state index is 10.8. The van der Waals surface area contributed by atoms with Crippen LogP contribution < -0.4 is 20.9 Å². The van der Waals surface area contributed by atoms with Gasteiger partial charge in [-0.2, -0.15) is 4.98 Å². The number of anilines is 2. The van der Waals surface area contributed by atoms with E-state index in [-0.39, 0.29) is 18.2 Å². The van der Waals surface area contributed by atoms with Gasteiger partial charge in [-0.1, -0.05) is 48.5 Å². The Kier molecular flexibility index (Phi) is 7.05. The molecule has 2 aromatic carbocycles. The molecule has 0 radical (unpaired) electrons. The molecule has 0 aliphatic carbocycles. The van der Waals surface area contributed by atoms with Crippen LogP contribution in [0.4, 0.5) is 11.8 Å². The Hall–Kier alpha value is -3.81. The molecule has 0 bridgehead atoms. The number of carboxylic acids is 1. The largest absolute Gasteiger partial charge is 0.493 e. The van der Waals surface area contributed by atoms with E-state index in [1.165, 1.54) is 0 Å². The molecule has 156 valence electrons. The summed E-state index contributed by atoms with van der Waals surface area (Å²) in [6, 6.07) is 16.9. The second-order valence-electron chi connectivity index (χ2n) is 6.56. The molecule has 8 heteroatoms. The van der Waals surface area contributed by atoms with Gasteiger partial charge >= 0.3 is 5.97 Å². The van der Waals surface area contributed by atoms with Crippen molar-refractivity contribution in [1.29, 1.82) is 0 Å². The van der Waals surface area contributed by atoms with Crippen LogP contribution in [0.2, 0.25) is 0 Å². The van der Waals surface area contributed by atoms with Gasteiger partial charge in [0.2, 0.25) is 5.95 Å². The van der Waals surface area contributed by atoms with Gasteiger partial charge in [0.05, 0.1) is 13.2 Å². The van der Waals surface area contributed by atoms with Crippen molar-refractivity contribution in [3.8, 4) is 22.8 Å². The number of benzene rings is 2. The number of aryl methyl sites for hydroxylation is 1. The first-order valence-corrected chi connectivity index (χ1v) is 9.58.